The zero-order valence-electron chi connectivity index (χ0n) is 17.8. The Balaban J connectivity index is 1.57. The molecule has 1 unspecified atom stereocenters. The van der Waals surface area contributed by atoms with Crippen LogP contribution in [0, 0.1) is 0 Å². The number of carbonyl (C=O) groups excluding carboxylic acids is 2. The number of urea groups is 1. The van der Waals surface area contributed by atoms with Crippen LogP contribution in [-0.2, 0) is 16.1 Å². The fraction of sp³-hybridized carbons (Fsp3) is 0.435. The Morgan fingerprint density at radius 1 is 1.13 bits per heavy atom. The Hall–Kier alpha value is -2.80. The van der Waals surface area contributed by atoms with Crippen LogP contribution in [0.3, 0.4) is 0 Å². The number of hydrogen-bond acceptors (Lipinski definition) is 5. The van der Waals surface area contributed by atoms with Crippen molar-refractivity contribution in [1.82, 2.24) is 15.6 Å². The molecule has 0 spiro atoms. The minimum absolute atomic E-state index is 0.0141. The van der Waals surface area contributed by atoms with Crippen LogP contribution in [0.1, 0.15) is 49.3 Å². The predicted octanol–water partition coefficient (Wildman–Crippen LogP) is 4.22. The van der Waals surface area contributed by atoms with Gasteiger partial charge in [0.15, 0.2) is 0 Å². The van der Waals surface area contributed by atoms with E-state index in [0.717, 1.165) is 24.5 Å². The molecule has 1 aliphatic heterocycles. The molecule has 1 fully saturated rings. The molecule has 0 aliphatic carbocycles. The van der Waals surface area contributed by atoms with Crippen LogP contribution in [0.4, 0.5) is 10.6 Å². The van der Waals surface area contributed by atoms with Gasteiger partial charge in [0.25, 0.3) is 0 Å². The molecule has 0 bridgehead atoms. The topological polar surface area (TPSA) is 83.6 Å². The molecule has 2 N–H and O–H groups in total. The SMILES string of the molecule is COC(=O)CC(NC(=O)NCc1ccc(N2CCCCCC2)nc1)c1ccccc1Cl. The van der Waals surface area contributed by atoms with E-state index in [9.17, 15) is 9.59 Å². The number of halogens is 1. The molecule has 2 amide bonds. The molecule has 166 valence electrons. The number of pyridine rings is 1. The van der Waals surface area contributed by atoms with Gasteiger partial charge in [-0.25, -0.2) is 9.78 Å². The van der Waals surface area contributed by atoms with Gasteiger partial charge in [-0.05, 0) is 36.1 Å². The highest BCUT2D eigenvalue weighted by Crippen LogP contribution is 2.25. The van der Waals surface area contributed by atoms with E-state index in [2.05, 4.69) is 20.5 Å². The lowest BCUT2D eigenvalue weighted by molar-refractivity contribution is -0.141. The summed E-state index contributed by atoms with van der Waals surface area (Å²) in [6.45, 7) is 2.40. The highest BCUT2D eigenvalue weighted by Gasteiger charge is 2.21. The van der Waals surface area contributed by atoms with Crippen molar-refractivity contribution in [2.45, 2.75) is 44.7 Å². The summed E-state index contributed by atoms with van der Waals surface area (Å²) in [6.07, 6.45) is 6.73. The third-order valence-corrected chi connectivity index (χ3v) is 5.72. The average molecular weight is 445 g/mol. The monoisotopic (exact) mass is 444 g/mol. The molecule has 2 aromatic rings. The molecular formula is C23H29ClN4O3. The first-order chi connectivity index (χ1) is 15.1. The Bertz CT molecular complexity index is 867. The second-order valence-electron chi connectivity index (χ2n) is 7.61. The molecule has 1 atom stereocenters. The number of ether oxygens (including phenoxy) is 1. The second kappa shape index (κ2) is 11.6. The second-order valence-corrected chi connectivity index (χ2v) is 8.01. The van der Waals surface area contributed by atoms with Gasteiger partial charge in [0.1, 0.15) is 5.82 Å². The molecule has 8 heteroatoms. The Labute approximate surface area is 188 Å². The van der Waals surface area contributed by atoms with Crippen LogP contribution in [0.15, 0.2) is 42.6 Å². The van der Waals surface area contributed by atoms with E-state index in [1.54, 1.807) is 24.4 Å². The number of methoxy groups -OCH3 is 1. The number of rotatable bonds is 7. The highest BCUT2D eigenvalue weighted by atomic mass is 35.5. The fourth-order valence-corrected chi connectivity index (χ4v) is 3.91. The van der Waals surface area contributed by atoms with E-state index >= 15 is 0 Å². The molecule has 1 aliphatic rings. The molecule has 31 heavy (non-hydrogen) atoms. The van der Waals surface area contributed by atoms with Crippen molar-refractivity contribution in [3.05, 3.63) is 58.7 Å². The number of nitrogens with zero attached hydrogens (tertiary/aromatic N) is 2. The molecule has 7 nitrogen and oxygen atoms in total. The van der Waals surface area contributed by atoms with E-state index in [4.69, 9.17) is 16.3 Å². The zero-order valence-corrected chi connectivity index (χ0v) is 18.5. The highest BCUT2D eigenvalue weighted by molar-refractivity contribution is 6.31. The summed E-state index contributed by atoms with van der Waals surface area (Å²) in [5.41, 5.74) is 1.56. The van der Waals surface area contributed by atoms with Crippen LogP contribution in [0.2, 0.25) is 5.02 Å². The van der Waals surface area contributed by atoms with Crippen molar-refractivity contribution in [2.24, 2.45) is 0 Å². The van der Waals surface area contributed by atoms with Crippen LogP contribution in [-0.4, -0.2) is 37.2 Å². The Morgan fingerprint density at radius 3 is 2.52 bits per heavy atom. The van der Waals surface area contributed by atoms with Crippen LogP contribution in [0.25, 0.3) is 0 Å². The van der Waals surface area contributed by atoms with E-state index < -0.39 is 18.0 Å². The average Bonchev–Trinajstić information content (AvgIpc) is 3.07. The summed E-state index contributed by atoms with van der Waals surface area (Å²) in [6, 6.07) is 10.1. The quantitative estimate of drug-likeness (QED) is 0.625. The lowest BCUT2D eigenvalue weighted by atomic mass is 10.0. The molecular weight excluding hydrogens is 416 g/mol. The summed E-state index contributed by atoms with van der Waals surface area (Å²) in [7, 11) is 1.31. The maximum atomic E-state index is 12.5. The minimum Gasteiger partial charge on any atom is -0.469 e. The maximum Gasteiger partial charge on any atom is 0.315 e. The van der Waals surface area contributed by atoms with Gasteiger partial charge in [0, 0.05) is 30.9 Å². The fourth-order valence-electron chi connectivity index (χ4n) is 3.65. The van der Waals surface area contributed by atoms with Crippen LogP contribution < -0.4 is 15.5 Å². The van der Waals surface area contributed by atoms with Crippen molar-refractivity contribution >= 4 is 29.4 Å². The molecule has 0 saturated carbocycles. The number of aromatic nitrogens is 1. The molecule has 2 heterocycles. The molecule has 1 saturated heterocycles. The van der Waals surface area contributed by atoms with Crippen LogP contribution in [0.5, 0.6) is 0 Å². The maximum absolute atomic E-state index is 12.5. The molecule has 3 rings (SSSR count). The van der Waals surface area contributed by atoms with Crippen molar-refractivity contribution in [1.29, 1.82) is 0 Å². The van der Waals surface area contributed by atoms with E-state index in [0.29, 0.717) is 17.1 Å². The zero-order chi connectivity index (χ0) is 22.1. The van der Waals surface area contributed by atoms with Gasteiger partial charge in [0.2, 0.25) is 0 Å². The third-order valence-electron chi connectivity index (χ3n) is 5.38. The predicted molar refractivity (Wildman–Crippen MR) is 121 cm³/mol. The Morgan fingerprint density at radius 2 is 1.87 bits per heavy atom. The Kier molecular flexibility index (Phi) is 8.53. The first kappa shape index (κ1) is 22.9. The smallest absolute Gasteiger partial charge is 0.315 e. The lowest BCUT2D eigenvalue weighted by Crippen LogP contribution is -2.38. The summed E-state index contributed by atoms with van der Waals surface area (Å²) < 4.78 is 4.76. The van der Waals surface area contributed by atoms with Crippen molar-refractivity contribution < 1.29 is 14.3 Å². The van der Waals surface area contributed by atoms with Gasteiger partial charge in [-0.15, -0.1) is 0 Å². The number of benzene rings is 1. The summed E-state index contributed by atoms with van der Waals surface area (Å²) in [5, 5.41) is 6.11. The van der Waals surface area contributed by atoms with E-state index in [1.807, 2.05) is 18.2 Å². The third kappa shape index (κ3) is 6.85. The summed E-state index contributed by atoms with van der Waals surface area (Å²) >= 11 is 6.26. The minimum atomic E-state index is -0.593. The molecule has 0 radical (unpaired) electrons. The van der Waals surface area contributed by atoms with Crippen molar-refractivity contribution in [3.8, 4) is 0 Å². The van der Waals surface area contributed by atoms with Gasteiger partial charge in [0.05, 0.1) is 19.6 Å². The van der Waals surface area contributed by atoms with Gasteiger partial charge in [-0.2, -0.15) is 0 Å². The number of hydrogen-bond donors (Lipinski definition) is 2. The van der Waals surface area contributed by atoms with Gasteiger partial charge < -0.3 is 20.3 Å². The number of carbonyl (C=O) groups is 2. The van der Waals surface area contributed by atoms with Crippen molar-refractivity contribution in [3.63, 3.8) is 0 Å². The molecule has 1 aromatic heterocycles. The number of anilines is 1. The number of nitrogens with one attached hydrogen (secondary N) is 2. The van der Waals surface area contributed by atoms with Crippen molar-refractivity contribution in [2.75, 3.05) is 25.1 Å². The van der Waals surface area contributed by atoms with E-state index in [-0.39, 0.29) is 6.42 Å². The number of amides is 2. The normalized spacial score (nSPS) is 15.0. The standard InChI is InChI=1S/C23H29ClN4O3/c1-31-22(29)14-20(18-8-4-5-9-19(18)24)27-23(30)26-16-17-10-11-21(25-15-17)28-12-6-2-3-7-13-28/h4-5,8-11,15,20H,2-3,6-7,12-14,16H2,1H3,(H2,26,27,30). The summed E-state index contributed by atoms with van der Waals surface area (Å²) in [4.78, 5) is 31.2. The first-order valence-electron chi connectivity index (χ1n) is 10.6. The first-order valence-corrected chi connectivity index (χ1v) is 11.0. The number of esters is 1. The largest absolute Gasteiger partial charge is 0.469 e. The van der Waals surface area contributed by atoms with Gasteiger partial charge >= 0.3 is 12.0 Å². The molecule has 1 aromatic carbocycles. The van der Waals surface area contributed by atoms with Crippen LogP contribution >= 0.6 is 11.6 Å². The van der Waals surface area contributed by atoms with Gasteiger partial charge in [-0.1, -0.05) is 48.7 Å². The summed E-state index contributed by atoms with van der Waals surface area (Å²) in [5.74, 6) is 0.547. The van der Waals surface area contributed by atoms with E-state index in [1.165, 1.54) is 32.8 Å². The lowest BCUT2D eigenvalue weighted by Gasteiger charge is -2.21. The van der Waals surface area contributed by atoms with Gasteiger partial charge in [-0.3, -0.25) is 4.79 Å².